The first kappa shape index (κ1) is 12.2. The summed E-state index contributed by atoms with van der Waals surface area (Å²) in [4.78, 5) is 12.6. The van der Waals surface area contributed by atoms with Crippen molar-refractivity contribution in [1.82, 2.24) is 0 Å². The molecule has 0 saturated carbocycles. The predicted molar refractivity (Wildman–Crippen MR) is 72.2 cm³/mol. The molecule has 0 bridgehead atoms. The average Bonchev–Trinajstić information content (AvgIpc) is 2.19. The lowest BCUT2D eigenvalue weighted by atomic mass is 10.1. The molecule has 0 radical (unpaired) electrons. The Labute approximate surface area is 112 Å². The van der Waals surface area contributed by atoms with E-state index in [1.807, 2.05) is 36.4 Å². The number of fused-ring (bicyclic) bond motifs is 1. The van der Waals surface area contributed by atoms with Crippen molar-refractivity contribution in [1.29, 1.82) is 0 Å². The van der Waals surface area contributed by atoms with E-state index in [0.29, 0.717) is 3.57 Å². The fraction of sp³-hybridized carbons (Fsp3) is 0.364. The molecule has 0 aliphatic carbocycles. The Morgan fingerprint density at radius 1 is 1.50 bits per heavy atom. The van der Waals surface area contributed by atoms with E-state index in [0.717, 1.165) is 10.6 Å². The number of halogens is 2. The number of anilines is 1. The molecule has 0 fully saturated rings. The third-order valence-electron chi connectivity index (χ3n) is 2.40. The van der Waals surface area contributed by atoms with Crippen LogP contribution in [-0.2, 0) is 4.79 Å². The Bertz CT molecular complexity index is 450. The van der Waals surface area contributed by atoms with Crippen LogP contribution in [0.5, 0.6) is 0 Å². The average molecular weight is 351 g/mol. The van der Waals surface area contributed by atoms with E-state index in [9.17, 15) is 9.18 Å². The van der Waals surface area contributed by atoms with Gasteiger partial charge in [0.15, 0.2) is 0 Å². The first-order chi connectivity index (χ1) is 7.49. The number of carbonyl (C=O) groups excluding carboxylic acids is 1. The highest BCUT2D eigenvalue weighted by molar-refractivity contribution is 14.1. The lowest BCUT2D eigenvalue weighted by Crippen LogP contribution is -2.32. The Morgan fingerprint density at radius 2 is 2.19 bits per heavy atom. The van der Waals surface area contributed by atoms with Crippen LogP contribution < -0.4 is 5.32 Å². The molecule has 2 nitrogen and oxygen atoms in total. The van der Waals surface area contributed by atoms with E-state index in [4.69, 9.17) is 0 Å². The van der Waals surface area contributed by atoms with Gasteiger partial charge in [0.05, 0.1) is 14.5 Å². The summed E-state index contributed by atoms with van der Waals surface area (Å²) in [6.07, 6.45) is 0. The van der Waals surface area contributed by atoms with Crippen LogP contribution in [0.2, 0.25) is 0 Å². The van der Waals surface area contributed by atoms with Gasteiger partial charge in [-0.05, 0) is 40.6 Å². The minimum absolute atomic E-state index is 0.00917. The standard InChI is InChI=1S/C11H11FINOS/c1-5(2)10-11(15)14-8-4-7(13)6(12)3-9(8)16-10/h3-5,10H,1-2H3,(H,14,15). The van der Waals surface area contributed by atoms with Crippen molar-refractivity contribution >= 4 is 45.9 Å². The molecule has 2 rings (SSSR count). The molecule has 0 saturated heterocycles. The highest BCUT2D eigenvalue weighted by atomic mass is 127. The van der Waals surface area contributed by atoms with Crippen LogP contribution in [0.3, 0.4) is 0 Å². The molecule has 1 N–H and O–H groups in total. The van der Waals surface area contributed by atoms with Gasteiger partial charge in [-0.2, -0.15) is 0 Å². The first-order valence-electron chi connectivity index (χ1n) is 4.95. The quantitative estimate of drug-likeness (QED) is 0.785. The Morgan fingerprint density at radius 3 is 2.81 bits per heavy atom. The van der Waals surface area contributed by atoms with E-state index in [-0.39, 0.29) is 22.9 Å². The number of hydrogen-bond donors (Lipinski definition) is 1. The van der Waals surface area contributed by atoms with Crippen LogP contribution in [0.4, 0.5) is 10.1 Å². The summed E-state index contributed by atoms with van der Waals surface area (Å²) in [5.74, 6) is 0.0147. The number of rotatable bonds is 1. The molecule has 1 aromatic rings. The van der Waals surface area contributed by atoms with Gasteiger partial charge in [-0.25, -0.2) is 4.39 Å². The number of hydrogen-bond acceptors (Lipinski definition) is 2. The summed E-state index contributed by atoms with van der Waals surface area (Å²) >= 11 is 3.36. The van der Waals surface area contributed by atoms with Gasteiger partial charge in [0.1, 0.15) is 5.82 Å². The van der Waals surface area contributed by atoms with Crippen molar-refractivity contribution < 1.29 is 9.18 Å². The van der Waals surface area contributed by atoms with Crippen molar-refractivity contribution in [3.05, 3.63) is 21.5 Å². The van der Waals surface area contributed by atoms with Gasteiger partial charge in [0, 0.05) is 4.90 Å². The monoisotopic (exact) mass is 351 g/mol. The van der Waals surface area contributed by atoms with E-state index in [1.54, 1.807) is 6.07 Å². The van der Waals surface area contributed by atoms with Gasteiger partial charge in [0.2, 0.25) is 5.91 Å². The van der Waals surface area contributed by atoms with Gasteiger partial charge >= 0.3 is 0 Å². The molecular weight excluding hydrogens is 340 g/mol. The summed E-state index contributed by atoms with van der Waals surface area (Å²) in [6.45, 7) is 3.98. The van der Waals surface area contributed by atoms with E-state index in [1.165, 1.54) is 17.8 Å². The lowest BCUT2D eigenvalue weighted by Gasteiger charge is -2.26. The van der Waals surface area contributed by atoms with Crippen LogP contribution in [0.1, 0.15) is 13.8 Å². The zero-order valence-electron chi connectivity index (χ0n) is 8.88. The van der Waals surface area contributed by atoms with Crippen LogP contribution in [0, 0.1) is 15.3 Å². The smallest absolute Gasteiger partial charge is 0.238 e. The zero-order chi connectivity index (χ0) is 11.9. The number of amides is 1. The number of thioether (sulfide) groups is 1. The second-order valence-electron chi connectivity index (χ2n) is 4.03. The molecule has 1 aliphatic rings. The minimum Gasteiger partial charge on any atom is -0.324 e. The minimum atomic E-state index is -0.231. The summed E-state index contributed by atoms with van der Waals surface area (Å²) in [6, 6.07) is 3.17. The number of nitrogens with one attached hydrogen (secondary N) is 1. The fourth-order valence-electron chi connectivity index (χ4n) is 1.56. The van der Waals surface area contributed by atoms with E-state index in [2.05, 4.69) is 5.32 Å². The van der Waals surface area contributed by atoms with Crippen LogP contribution in [0.15, 0.2) is 17.0 Å². The Balaban J connectivity index is 2.39. The third-order valence-corrected chi connectivity index (χ3v) is 4.83. The highest BCUT2D eigenvalue weighted by Gasteiger charge is 2.29. The Kier molecular flexibility index (Phi) is 3.44. The molecule has 1 unspecified atom stereocenters. The molecule has 1 aliphatic heterocycles. The summed E-state index contributed by atoms with van der Waals surface area (Å²) in [7, 11) is 0. The molecular formula is C11H11FINOS. The summed E-state index contributed by atoms with van der Waals surface area (Å²) < 4.78 is 13.9. The largest absolute Gasteiger partial charge is 0.324 e. The van der Waals surface area contributed by atoms with E-state index < -0.39 is 0 Å². The first-order valence-corrected chi connectivity index (χ1v) is 6.91. The Hall–Kier alpha value is -0.300. The maximum atomic E-state index is 13.4. The molecule has 0 spiro atoms. The van der Waals surface area contributed by atoms with Gasteiger partial charge in [-0.1, -0.05) is 13.8 Å². The molecule has 1 amide bonds. The van der Waals surface area contributed by atoms with E-state index >= 15 is 0 Å². The zero-order valence-corrected chi connectivity index (χ0v) is 11.9. The van der Waals surface area contributed by atoms with Crippen molar-refractivity contribution in [2.75, 3.05) is 5.32 Å². The summed E-state index contributed by atoms with van der Waals surface area (Å²) in [5, 5.41) is 2.70. The third kappa shape index (κ3) is 2.20. The molecule has 0 aromatic heterocycles. The van der Waals surface area contributed by atoms with Crippen molar-refractivity contribution in [3.63, 3.8) is 0 Å². The second-order valence-corrected chi connectivity index (χ2v) is 6.38. The van der Waals surface area contributed by atoms with Crippen molar-refractivity contribution in [3.8, 4) is 0 Å². The molecule has 86 valence electrons. The van der Waals surface area contributed by atoms with Crippen molar-refractivity contribution in [2.24, 2.45) is 5.92 Å². The molecule has 1 aromatic carbocycles. The van der Waals surface area contributed by atoms with Gasteiger partial charge in [-0.15, -0.1) is 11.8 Å². The molecule has 1 heterocycles. The van der Waals surface area contributed by atoms with Crippen LogP contribution >= 0.6 is 34.4 Å². The number of benzene rings is 1. The number of carbonyl (C=O) groups is 1. The van der Waals surface area contributed by atoms with Crippen LogP contribution in [0.25, 0.3) is 0 Å². The van der Waals surface area contributed by atoms with Gasteiger partial charge < -0.3 is 5.32 Å². The summed E-state index contributed by atoms with van der Waals surface area (Å²) in [5.41, 5.74) is 0.720. The SMILES string of the molecule is CC(C)C1Sc2cc(F)c(I)cc2NC1=O. The van der Waals surface area contributed by atoms with Gasteiger partial charge in [0.25, 0.3) is 0 Å². The molecule has 16 heavy (non-hydrogen) atoms. The topological polar surface area (TPSA) is 29.1 Å². The maximum absolute atomic E-state index is 13.4. The van der Waals surface area contributed by atoms with Crippen molar-refractivity contribution in [2.45, 2.75) is 24.0 Å². The van der Waals surface area contributed by atoms with Crippen LogP contribution in [-0.4, -0.2) is 11.2 Å². The lowest BCUT2D eigenvalue weighted by molar-refractivity contribution is -0.116. The van der Waals surface area contributed by atoms with Gasteiger partial charge in [-0.3, -0.25) is 4.79 Å². The normalized spacial score (nSPS) is 19.6. The second kappa shape index (κ2) is 4.52. The molecule has 1 atom stereocenters. The fourth-order valence-corrected chi connectivity index (χ4v) is 3.14. The predicted octanol–water partition coefficient (Wildman–Crippen LogP) is 3.50. The maximum Gasteiger partial charge on any atom is 0.238 e. The molecule has 5 heteroatoms. The highest BCUT2D eigenvalue weighted by Crippen LogP contribution is 2.39.